The maximum Gasteiger partial charge on any atom is 0.253 e. The summed E-state index contributed by atoms with van der Waals surface area (Å²) in [6, 6.07) is 18.7. The lowest BCUT2D eigenvalue weighted by molar-refractivity contribution is 0.0713. The first-order valence-electron chi connectivity index (χ1n) is 8.62. The monoisotopic (exact) mass is 318 g/mol. The van der Waals surface area contributed by atoms with Crippen molar-refractivity contribution < 1.29 is 4.79 Å². The van der Waals surface area contributed by atoms with E-state index in [0.717, 1.165) is 37.0 Å². The number of aromatic nitrogens is 1. The summed E-state index contributed by atoms with van der Waals surface area (Å²) in [5.41, 5.74) is 3.30. The topological polar surface area (TPSA) is 25.2 Å². The maximum atomic E-state index is 12.8. The van der Waals surface area contributed by atoms with Crippen molar-refractivity contribution in [3.05, 3.63) is 71.9 Å². The van der Waals surface area contributed by atoms with E-state index in [9.17, 15) is 4.79 Å². The fourth-order valence-corrected chi connectivity index (χ4v) is 3.72. The van der Waals surface area contributed by atoms with E-state index in [1.165, 1.54) is 10.9 Å². The number of rotatable bonds is 2. The number of benzene rings is 2. The van der Waals surface area contributed by atoms with Crippen molar-refractivity contribution in [1.82, 2.24) is 9.47 Å². The van der Waals surface area contributed by atoms with Crippen molar-refractivity contribution in [1.29, 1.82) is 0 Å². The summed E-state index contributed by atoms with van der Waals surface area (Å²) in [4.78, 5) is 14.8. The van der Waals surface area contributed by atoms with Gasteiger partial charge in [0.15, 0.2) is 0 Å². The Morgan fingerprint density at radius 1 is 1.00 bits per heavy atom. The lowest BCUT2D eigenvalue weighted by Gasteiger charge is -2.32. The molecular weight excluding hydrogens is 296 g/mol. The fourth-order valence-electron chi connectivity index (χ4n) is 3.72. The number of amides is 1. The average Bonchev–Trinajstić information content (AvgIpc) is 3.02. The van der Waals surface area contributed by atoms with Gasteiger partial charge in [0, 0.05) is 37.4 Å². The van der Waals surface area contributed by atoms with Crippen molar-refractivity contribution in [2.24, 2.45) is 7.05 Å². The Bertz CT molecular complexity index is 858. The molecule has 3 heteroatoms. The van der Waals surface area contributed by atoms with Crippen LogP contribution in [0.1, 0.15) is 34.7 Å². The molecule has 122 valence electrons. The second-order valence-electron chi connectivity index (χ2n) is 6.68. The molecule has 1 fully saturated rings. The van der Waals surface area contributed by atoms with Crippen LogP contribution in [0.25, 0.3) is 10.9 Å². The molecule has 2 aromatic carbocycles. The molecule has 3 aromatic rings. The molecule has 0 spiro atoms. The number of hydrogen-bond donors (Lipinski definition) is 0. The van der Waals surface area contributed by atoms with Gasteiger partial charge in [-0.15, -0.1) is 0 Å². The van der Waals surface area contributed by atoms with Crippen LogP contribution in [-0.2, 0) is 7.05 Å². The van der Waals surface area contributed by atoms with E-state index in [4.69, 9.17) is 0 Å². The van der Waals surface area contributed by atoms with Gasteiger partial charge in [0.25, 0.3) is 5.91 Å². The van der Waals surface area contributed by atoms with Crippen LogP contribution in [0.15, 0.2) is 60.8 Å². The summed E-state index contributed by atoms with van der Waals surface area (Å²) in [6.45, 7) is 1.67. The molecule has 0 radical (unpaired) electrons. The molecule has 1 saturated heterocycles. The van der Waals surface area contributed by atoms with Crippen LogP contribution in [0.5, 0.6) is 0 Å². The molecule has 1 aliphatic heterocycles. The third-order valence-electron chi connectivity index (χ3n) is 5.19. The third kappa shape index (κ3) is 2.71. The van der Waals surface area contributed by atoms with Gasteiger partial charge in [-0.1, -0.05) is 36.4 Å². The number of fused-ring (bicyclic) bond motifs is 1. The Kier molecular flexibility index (Phi) is 3.85. The number of likely N-dealkylation sites (tertiary alicyclic amines) is 1. The predicted octanol–water partition coefficient (Wildman–Crippen LogP) is 4.20. The van der Waals surface area contributed by atoms with Crippen molar-refractivity contribution in [2.75, 3.05) is 13.1 Å². The van der Waals surface area contributed by atoms with Crippen LogP contribution in [0.4, 0.5) is 0 Å². The van der Waals surface area contributed by atoms with Crippen LogP contribution >= 0.6 is 0 Å². The molecule has 0 aliphatic carbocycles. The quantitative estimate of drug-likeness (QED) is 0.695. The van der Waals surface area contributed by atoms with Crippen molar-refractivity contribution in [3.8, 4) is 0 Å². The van der Waals surface area contributed by atoms with Gasteiger partial charge < -0.3 is 9.47 Å². The number of carbonyl (C=O) groups is 1. The number of piperidine rings is 1. The third-order valence-corrected chi connectivity index (χ3v) is 5.19. The van der Waals surface area contributed by atoms with E-state index in [-0.39, 0.29) is 5.91 Å². The lowest BCUT2D eigenvalue weighted by Crippen LogP contribution is -2.37. The van der Waals surface area contributed by atoms with Crippen LogP contribution in [-0.4, -0.2) is 28.5 Å². The van der Waals surface area contributed by atoms with E-state index in [2.05, 4.69) is 41.0 Å². The zero-order chi connectivity index (χ0) is 16.5. The van der Waals surface area contributed by atoms with Gasteiger partial charge in [-0.25, -0.2) is 0 Å². The molecule has 0 unspecified atom stereocenters. The zero-order valence-electron chi connectivity index (χ0n) is 14.0. The van der Waals surface area contributed by atoms with Crippen LogP contribution in [0.2, 0.25) is 0 Å². The Morgan fingerprint density at radius 3 is 2.50 bits per heavy atom. The van der Waals surface area contributed by atoms with Gasteiger partial charge in [0.05, 0.1) is 0 Å². The average molecular weight is 318 g/mol. The fraction of sp³-hybridized carbons (Fsp3) is 0.286. The molecule has 1 aliphatic rings. The number of carbonyl (C=O) groups excluding carboxylic acids is 1. The minimum Gasteiger partial charge on any atom is -0.351 e. The van der Waals surface area contributed by atoms with Crippen LogP contribution in [0, 0.1) is 0 Å². The minimum atomic E-state index is 0.157. The van der Waals surface area contributed by atoms with Gasteiger partial charge in [0.2, 0.25) is 0 Å². The normalized spacial score (nSPS) is 15.8. The first-order valence-corrected chi connectivity index (χ1v) is 8.62. The van der Waals surface area contributed by atoms with Gasteiger partial charge >= 0.3 is 0 Å². The Labute approximate surface area is 142 Å². The first kappa shape index (κ1) is 15.0. The largest absolute Gasteiger partial charge is 0.351 e. The highest BCUT2D eigenvalue weighted by Crippen LogP contribution is 2.28. The van der Waals surface area contributed by atoms with Crippen molar-refractivity contribution in [3.63, 3.8) is 0 Å². The summed E-state index contributed by atoms with van der Waals surface area (Å²) in [5, 5.41) is 1.18. The number of aryl methyl sites for hydroxylation is 1. The lowest BCUT2D eigenvalue weighted by atomic mass is 9.89. The van der Waals surface area contributed by atoms with E-state index in [1.54, 1.807) is 0 Å². The molecule has 4 rings (SSSR count). The standard InChI is InChI=1S/C21H22N2O/c1-22-12-9-18-7-8-19(15-20(18)22)21(24)23-13-10-17(11-14-23)16-5-3-2-4-6-16/h2-9,12,15,17H,10-11,13-14H2,1H3. The first-order chi connectivity index (χ1) is 11.7. The number of nitrogens with zero attached hydrogens (tertiary/aromatic N) is 2. The summed E-state index contributed by atoms with van der Waals surface area (Å²) in [7, 11) is 2.02. The van der Waals surface area contributed by atoms with E-state index >= 15 is 0 Å². The van der Waals surface area contributed by atoms with Crippen LogP contribution in [0.3, 0.4) is 0 Å². The Morgan fingerprint density at radius 2 is 1.75 bits per heavy atom. The molecule has 1 amide bonds. The van der Waals surface area contributed by atoms with Gasteiger partial charge in [-0.05, 0) is 47.9 Å². The van der Waals surface area contributed by atoms with Crippen molar-refractivity contribution in [2.45, 2.75) is 18.8 Å². The predicted molar refractivity (Wildman–Crippen MR) is 97.2 cm³/mol. The number of hydrogen-bond acceptors (Lipinski definition) is 1. The van der Waals surface area contributed by atoms with Crippen LogP contribution < -0.4 is 0 Å². The highest BCUT2D eigenvalue weighted by atomic mass is 16.2. The van der Waals surface area contributed by atoms with E-state index < -0.39 is 0 Å². The summed E-state index contributed by atoms with van der Waals surface area (Å²) < 4.78 is 2.06. The molecule has 2 heterocycles. The van der Waals surface area contributed by atoms with Gasteiger partial charge in [0.1, 0.15) is 0 Å². The molecule has 24 heavy (non-hydrogen) atoms. The zero-order valence-corrected chi connectivity index (χ0v) is 14.0. The smallest absolute Gasteiger partial charge is 0.253 e. The molecular formula is C21H22N2O. The molecule has 0 saturated carbocycles. The molecule has 0 N–H and O–H groups in total. The Hall–Kier alpha value is -2.55. The van der Waals surface area contributed by atoms with Gasteiger partial charge in [-0.2, -0.15) is 0 Å². The Balaban J connectivity index is 1.48. The van der Waals surface area contributed by atoms with Gasteiger partial charge in [-0.3, -0.25) is 4.79 Å². The molecule has 0 bridgehead atoms. The molecule has 0 atom stereocenters. The van der Waals surface area contributed by atoms with E-state index in [0.29, 0.717) is 5.92 Å². The minimum absolute atomic E-state index is 0.157. The molecule has 3 nitrogen and oxygen atoms in total. The highest BCUT2D eigenvalue weighted by Gasteiger charge is 2.24. The summed E-state index contributed by atoms with van der Waals surface area (Å²) >= 11 is 0. The highest BCUT2D eigenvalue weighted by molar-refractivity contribution is 5.98. The van der Waals surface area contributed by atoms with Crippen molar-refractivity contribution >= 4 is 16.8 Å². The summed E-state index contributed by atoms with van der Waals surface area (Å²) in [6.07, 6.45) is 4.12. The maximum absolute atomic E-state index is 12.8. The second-order valence-corrected chi connectivity index (χ2v) is 6.68. The van der Waals surface area contributed by atoms with E-state index in [1.807, 2.05) is 36.3 Å². The summed E-state index contributed by atoms with van der Waals surface area (Å²) in [5.74, 6) is 0.732. The molecule has 1 aromatic heterocycles. The SMILES string of the molecule is Cn1ccc2ccc(C(=O)N3CCC(c4ccccc4)CC3)cc21. The second kappa shape index (κ2) is 6.16.